The molecule has 0 unspecified atom stereocenters. The summed E-state index contributed by atoms with van der Waals surface area (Å²) in [5, 5.41) is 11.2. The fourth-order valence-corrected chi connectivity index (χ4v) is 7.68. The van der Waals surface area contributed by atoms with Crippen LogP contribution in [0.2, 0.25) is 5.02 Å². The predicted octanol–water partition coefficient (Wildman–Crippen LogP) is 3.64. The molecule has 2 aliphatic rings. The Bertz CT molecular complexity index is 1620. The molecule has 0 radical (unpaired) electrons. The first-order chi connectivity index (χ1) is 18.5. The van der Waals surface area contributed by atoms with Crippen molar-refractivity contribution < 1.29 is 5.11 Å². The van der Waals surface area contributed by atoms with Gasteiger partial charge in [-0.3, -0.25) is 9.36 Å². The lowest BCUT2D eigenvalue weighted by Gasteiger charge is -2.42. The Morgan fingerprint density at radius 3 is 2.72 bits per heavy atom. The zero-order chi connectivity index (χ0) is 27.5. The van der Waals surface area contributed by atoms with E-state index >= 15 is 0 Å². The summed E-state index contributed by atoms with van der Waals surface area (Å²) in [4.78, 5) is 35.4. The van der Waals surface area contributed by atoms with Crippen molar-refractivity contribution in [2.75, 3.05) is 23.7 Å². The second-order valence-corrected chi connectivity index (χ2v) is 13.3. The summed E-state index contributed by atoms with van der Waals surface area (Å²) in [7, 11) is 0. The van der Waals surface area contributed by atoms with Gasteiger partial charge in [0.1, 0.15) is 10.8 Å². The molecule has 0 amide bonds. The van der Waals surface area contributed by atoms with Gasteiger partial charge in [0.05, 0.1) is 57.8 Å². The molecule has 4 aromatic rings. The Labute approximate surface area is 238 Å². The Hall–Kier alpha value is -2.77. The summed E-state index contributed by atoms with van der Waals surface area (Å²) < 4.78 is 1.36. The second-order valence-electron chi connectivity index (χ2n) is 10.9. The third-order valence-electron chi connectivity index (χ3n) is 7.63. The lowest BCUT2D eigenvalue weighted by atomic mass is 9.73. The minimum absolute atomic E-state index is 0.0167. The SMILES string of the molecule is CC(C)(O)Cn1cnc2ccc(Sc3ncc(N4CCC5(CC4)Cc4scnc4[C@H]5N)nc3N)c(Cl)c2c1=O. The molecule has 1 aliphatic heterocycles. The number of piperidine rings is 1. The van der Waals surface area contributed by atoms with Crippen molar-refractivity contribution in [3.05, 3.63) is 56.1 Å². The third-order valence-corrected chi connectivity index (χ3v) is 10.1. The maximum atomic E-state index is 13.1. The van der Waals surface area contributed by atoms with Crippen molar-refractivity contribution in [1.82, 2.24) is 24.5 Å². The van der Waals surface area contributed by atoms with E-state index in [1.807, 2.05) is 5.51 Å². The maximum absolute atomic E-state index is 13.1. The molecular formula is C26H29ClN8O2S2. The van der Waals surface area contributed by atoms with E-state index in [9.17, 15) is 9.90 Å². The molecule has 13 heteroatoms. The van der Waals surface area contributed by atoms with E-state index in [1.165, 1.54) is 27.5 Å². The van der Waals surface area contributed by atoms with Crippen molar-refractivity contribution >= 4 is 57.2 Å². The van der Waals surface area contributed by atoms with Crippen LogP contribution in [0, 0.1) is 5.41 Å². The number of aliphatic hydroxyl groups is 1. The number of hydrogen-bond acceptors (Lipinski definition) is 11. The van der Waals surface area contributed by atoms with Crippen LogP contribution in [-0.2, 0) is 13.0 Å². The molecule has 6 rings (SSSR count). The first-order valence-electron chi connectivity index (χ1n) is 12.7. The number of hydrogen-bond donors (Lipinski definition) is 3. The molecule has 10 nitrogen and oxygen atoms in total. The average molecular weight is 585 g/mol. The highest BCUT2D eigenvalue weighted by molar-refractivity contribution is 7.99. The number of nitrogens with two attached hydrogens (primary N) is 2. The molecule has 204 valence electrons. The molecule has 1 saturated heterocycles. The van der Waals surface area contributed by atoms with Crippen molar-refractivity contribution in [2.45, 2.75) is 61.2 Å². The van der Waals surface area contributed by atoms with E-state index in [0.29, 0.717) is 21.3 Å². The highest BCUT2D eigenvalue weighted by atomic mass is 35.5. The van der Waals surface area contributed by atoms with Gasteiger partial charge in [0.25, 0.3) is 5.56 Å². The Balaban J connectivity index is 1.20. The highest BCUT2D eigenvalue weighted by Gasteiger charge is 2.47. The van der Waals surface area contributed by atoms with E-state index in [2.05, 4.69) is 24.8 Å². The molecule has 1 aliphatic carbocycles. The molecule has 1 fully saturated rings. The molecule has 0 bridgehead atoms. The number of thiazole rings is 1. The van der Waals surface area contributed by atoms with Gasteiger partial charge in [-0.15, -0.1) is 11.3 Å². The van der Waals surface area contributed by atoms with Gasteiger partial charge in [-0.05, 0) is 50.7 Å². The van der Waals surface area contributed by atoms with Gasteiger partial charge in [-0.1, -0.05) is 23.4 Å². The third kappa shape index (κ3) is 4.78. The summed E-state index contributed by atoms with van der Waals surface area (Å²) in [5.74, 6) is 1.03. The van der Waals surface area contributed by atoms with Crippen LogP contribution >= 0.6 is 34.7 Å². The van der Waals surface area contributed by atoms with Gasteiger partial charge in [-0.25, -0.2) is 19.9 Å². The number of nitrogens with zero attached hydrogens (tertiary/aromatic N) is 6. The standard InChI is InChI=1S/C26H29ClN8O2S2/c1-25(2,37)11-35-12-31-14-3-4-15(19(27)18(14)24(35)36)39-23-22(29)33-17(10-30-23)34-7-5-26(6-8-34)9-16-20(21(26)28)32-13-38-16/h3-4,10,12-13,21,37H,5-9,11,28H2,1-2H3,(H2,29,33)/t21-/m1/s1. The van der Waals surface area contributed by atoms with Crippen LogP contribution in [0.25, 0.3) is 10.9 Å². The molecule has 0 saturated carbocycles. The van der Waals surface area contributed by atoms with Gasteiger partial charge in [0.2, 0.25) is 0 Å². The van der Waals surface area contributed by atoms with Crippen LogP contribution in [0.3, 0.4) is 0 Å². The maximum Gasteiger partial charge on any atom is 0.262 e. The van der Waals surface area contributed by atoms with Crippen LogP contribution in [0.1, 0.15) is 43.3 Å². The van der Waals surface area contributed by atoms with Crippen LogP contribution in [0.5, 0.6) is 0 Å². The minimum Gasteiger partial charge on any atom is -0.389 e. The lowest BCUT2D eigenvalue weighted by molar-refractivity contribution is 0.0603. The zero-order valence-electron chi connectivity index (χ0n) is 21.6. The normalized spacial score (nSPS) is 18.7. The number of aromatic nitrogens is 5. The summed E-state index contributed by atoms with van der Waals surface area (Å²) >= 11 is 9.65. The minimum atomic E-state index is -1.08. The number of rotatable bonds is 5. The number of benzene rings is 1. The molecule has 1 atom stereocenters. The molecule has 5 N–H and O–H groups in total. The Morgan fingerprint density at radius 2 is 2.03 bits per heavy atom. The molecule has 3 aromatic heterocycles. The van der Waals surface area contributed by atoms with Gasteiger partial charge in [-0.2, -0.15) is 0 Å². The number of fused-ring (bicyclic) bond motifs is 2. The zero-order valence-corrected chi connectivity index (χ0v) is 24.0. The average Bonchev–Trinajstić information content (AvgIpc) is 3.44. The number of halogens is 1. The van der Waals surface area contributed by atoms with Crippen LogP contribution in [0.4, 0.5) is 11.6 Å². The van der Waals surface area contributed by atoms with Crippen LogP contribution in [-0.4, -0.2) is 48.3 Å². The van der Waals surface area contributed by atoms with Crippen molar-refractivity contribution in [3.8, 4) is 0 Å². The highest BCUT2D eigenvalue weighted by Crippen LogP contribution is 2.51. The quantitative estimate of drug-likeness (QED) is 0.317. The molecule has 39 heavy (non-hydrogen) atoms. The summed E-state index contributed by atoms with van der Waals surface area (Å²) in [6.45, 7) is 5.00. The fraction of sp³-hybridized carbons (Fsp3) is 0.423. The fourth-order valence-electron chi connectivity index (χ4n) is 5.57. The van der Waals surface area contributed by atoms with Crippen molar-refractivity contribution in [2.24, 2.45) is 11.1 Å². The van der Waals surface area contributed by atoms with Gasteiger partial charge in [0.15, 0.2) is 5.82 Å². The van der Waals surface area contributed by atoms with Gasteiger partial charge >= 0.3 is 0 Å². The summed E-state index contributed by atoms with van der Waals surface area (Å²) in [5.41, 5.74) is 15.1. The molecular weight excluding hydrogens is 556 g/mol. The van der Waals surface area contributed by atoms with Gasteiger partial charge < -0.3 is 21.5 Å². The van der Waals surface area contributed by atoms with Crippen molar-refractivity contribution in [1.29, 1.82) is 0 Å². The van der Waals surface area contributed by atoms with E-state index in [0.717, 1.165) is 43.9 Å². The topological polar surface area (TPSA) is 149 Å². The van der Waals surface area contributed by atoms with E-state index in [-0.39, 0.29) is 34.0 Å². The van der Waals surface area contributed by atoms with E-state index < -0.39 is 5.60 Å². The summed E-state index contributed by atoms with van der Waals surface area (Å²) in [6, 6.07) is 3.51. The monoisotopic (exact) mass is 584 g/mol. The number of anilines is 2. The first-order valence-corrected chi connectivity index (χ1v) is 14.8. The van der Waals surface area contributed by atoms with E-state index in [1.54, 1.807) is 43.5 Å². The first kappa shape index (κ1) is 26.5. The molecule has 1 aromatic carbocycles. The lowest BCUT2D eigenvalue weighted by Crippen LogP contribution is -2.44. The van der Waals surface area contributed by atoms with Crippen LogP contribution < -0.4 is 21.9 Å². The Morgan fingerprint density at radius 1 is 1.26 bits per heavy atom. The Kier molecular flexibility index (Phi) is 6.58. The predicted molar refractivity (Wildman–Crippen MR) is 155 cm³/mol. The van der Waals surface area contributed by atoms with Crippen LogP contribution in [0.15, 0.2) is 44.9 Å². The van der Waals surface area contributed by atoms with Crippen molar-refractivity contribution in [3.63, 3.8) is 0 Å². The molecule has 4 heterocycles. The smallest absolute Gasteiger partial charge is 0.262 e. The largest absolute Gasteiger partial charge is 0.389 e. The molecule has 1 spiro atoms. The second kappa shape index (κ2) is 9.70. The number of nitrogen functional groups attached to an aromatic ring is 1. The summed E-state index contributed by atoms with van der Waals surface area (Å²) in [6.07, 6.45) is 6.07. The van der Waals surface area contributed by atoms with E-state index in [4.69, 9.17) is 23.1 Å². The van der Waals surface area contributed by atoms with Gasteiger partial charge in [0, 0.05) is 22.9 Å².